The van der Waals surface area contributed by atoms with Crippen LogP contribution in [0, 0.1) is 23.0 Å². The summed E-state index contributed by atoms with van der Waals surface area (Å²) in [7, 11) is 2.89. The molecule has 1 atom stereocenters. The number of hydrogen-bond donors (Lipinski definition) is 0. The van der Waals surface area contributed by atoms with Gasteiger partial charge in [-0.15, -0.1) is 0 Å². The first-order valence-corrected chi connectivity index (χ1v) is 8.53. The third-order valence-electron chi connectivity index (χ3n) is 4.79. The topological polar surface area (TPSA) is 64.4 Å². The van der Waals surface area contributed by atoms with Crippen molar-refractivity contribution >= 4 is 17.9 Å². The maximum Gasteiger partial charge on any atom is 0.271 e. The van der Waals surface area contributed by atoms with Crippen LogP contribution in [0.1, 0.15) is 16.7 Å². The van der Waals surface area contributed by atoms with Gasteiger partial charge in [0.05, 0.1) is 11.6 Å². The highest BCUT2D eigenvalue weighted by atomic mass is 19.2. The summed E-state index contributed by atoms with van der Waals surface area (Å²) in [6.45, 7) is 0. The fraction of sp³-hybridized carbons (Fsp3) is 0.190. The van der Waals surface area contributed by atoms with Gasteiger partial charge in [-0.25, -0.2) is 8.78 Å². The monoisotopic (exact) mass is 381 g/mol. The van der Waals surface area contributed by atoms with Gasteiger partial charge in [0.15, 0.2) is 11.6 Å². The number of benzene rings is 2. The molecular weight excluding hydrogens is 364 g/mol. The summed E-state index contributed by atoms with van der Waals surface area (Å²) in [5.74, 6) is -3.25. The van der Waals surface area contributed by atoms with E-state index in [1.54, 1.807) is 6.07 Å². The number of amides is 2. The first-order valence-electron chi connectivity index (χ1n) is 8.53. The average Bonchev–Trinajstić information content (AvgIpc) is 2.71. The zero-order valence-electron chi connectivity index (χ0n) is 15.3. The lowest BCUT2D eigenvalue weighted by Gasteiger charge is -2.38. The van der Waals surface area contributed by atoms with Crippen LogP contribution in [0.4, 0.5) is 8.78 Å². The van der Waals surface area contributed by atoms with Crippen LogP contribution in [0.15, 0.2) is 48.2 Å². The zero-order chi connectivity index (χ0) is 20.4. The van der Waals surface area contributed by atoms with Gasteiger partial charge in [0, 0.05) is 26.1 Å². The molecule has 0 spiro atoms. The number of halogens is 2. The molecule has 1 heterocycles. The predicted molar refractivity (Wildman–Crippen MR) is 98.5 cm³/mol. The molecule has 0 N–H and O–H groups in total. The molecule has 28 heavy (non-hydrogen) atoms. The lowest BCUT2D eigenvalue weighted by atomic mass is 9.99. The zero-order valence-corrected chi connectivity index (χ0v) is 15.3. The molecule has 1 saturated heterocycles. The Morgan fingerprint density at radius 3 is 2.43 bits per heavy atom. The summed E-state index contributed by atoms with van der Waals surface area (Å²) in [5, 5.41) is 9.16. The van der Waals surface area contributed by atoms with Crippen LogP contribution in [0.25, 0.3) is 6.08 Å². The van der Waals surface area contributed by atoms with E-state index in [1.165, 1.54) is 19.0 Å². The molecule has 3 rings (SSSR count). The van der Waals surface area contributed by atoms with Crippen LogP contribution in [-0.4, -0.2) is 41.8 Å². The highest BCUT2D eigenvalue weighted by molar-refractivity contribution is 6.07. The molecule has 1 aliphatic heterocycles. The van der Waals surface area contributed by atoms with Crippen molar-refractivity contribution in [2.75, 3.05) is 14.1 Å². The standard InChI is InChI=1S/C21H17F2N3O2/c1-25-17(10-13-6-4-3-5-7-13)20(27)26(2)18(21(25)28)11-15-14(12-24)8-9-16(22)19(15)23/h3-9,11,17H,10H2,1-2H3. The fourth-order valence-electron chi connectivity index (χ4n) is 3.14. The molecule has 2 aromatic carbocycles. The lowest BCUT2D eigenvalue weighted by Crippen LogP contribution is -2.56. The minimum Gasteiger partial charge on any atom is -0.328 e. The molecule has 0 radical (unpaired) electrons. The van der Waals surface area contributed by atoms with E-state index in [4.69, 9.17) is 5.26 Å². The third kappa shape index (κ3) is 3.37. The van der Waals surface area contributed by atoms with Crippen molar-refractivity contribution in [3.8, 4) is 6.07 Å². The Morgan fingerprint density at radius 1 is 1.11 bits per heavy atom. The second-order valence-corrected chi connectivity index (χ2v) is 6.48. The smallest absolute Gasteiger partial charge is 0.271 e. The van der Waals surface area contributed by atoms with Crippen molar-refractivity contribution in [1.29, 1.82) is 5.26 Å². The number of rotatable bonds is 3. The van der Waals surface area contributed by atoms with Gasteiger partial charge < -0.3 is 9.80 Å². The molecule has 0 aromatic heterocycles. The number of nitrogens with zero attached hydrogens (tertiary/aromatic N) is 3. The van der Waals surface area contributed by atoms with Crippen molar-refractivity contribution in [3.05, 3.63) is 76.5 Å². The van der Waals surface area contributed by atoms with Gasteiger partial charge >= 0.3 is 0 Å². The van der Waals surface area contributed by atoms with E-state index in [-0.39, 0.29) is 22.7 Å². The van der Waals surface area contributed by atoms with E-state index in [1.807, 2.05) is 30.3 Å². The third-order valence-corrected chi connectivity index (χ3v) is 4.79. The number of piperazine rings is 1. The number of carbonyl (C=O) groups is 2. The van der Waals surface area contributed by atoms with E-state index >= 15 is 0 Å². The van der Waals surface area contributed by atoms with E-state index in [9.17, 15) is 18.4 Å². The van der Waals surface area contributed by atoms with E-state index in [0.29, 0.717) is 6.42 Å². The largest absolute Gasteiger partial charge is 0.328 e. The second kappa shape index (κ2) is 7.61. The Balaban J connectivity index is 2.00. The van der Waals surface area contributed by atoms with E-state index in [2.05, 4.69) is 0 Å². The predicted octanol–water partition coefficient (Wildman–Crippen LogP) is 2.72. The normalized spacial score (nSPS) is 18.5. The first-order chi connectivity index (χ1) is 13.3. The molecule has 0 saturated carbocycles. The molecule has 1 fully saturated rings. The minimum atomic E-state index is -1.24. The highest BCUT2D eigenvalue weighted by Crippen LogP contribution is 2.26. The minimum absolute atomic E-state index is 0.127. The Bertz CT molecular complexity index is 1010. The van der Waals surface area contributed by atoms with Gasteiger partial charge in [0.25, 0.3) is 5.91 Å². The number of carbonyl (C=O) groups excluding carboxylic acids is 2. The number of hydrogen-bond acceptors (Lipinski definition) is 3. The van der Waals surface area contributed by atoms with Crippen molar-refractivity contribution in [2.24, 2.45) is 0 Å². The Kier molecular flexibility index (Phi) is 5.23. The summed E-state index contributed by atoms with van der Waals surface area (Å²) >= 11 is 0. The SMILES string of the molecule is CN1C(=O)C(Cc2ccccc2)N(C)C(=O)C1=Cc1c(C#N)ccc(F)c1F. The van der Waals surface area contributed by atoms with Crippen LogP contribution in [0.2, 0.25) is 0 Å². The van der Waals surface area contributed by atoms with Crippen molar-refractivity contribution in [1.82, 2.24) is 9.80 Å². The lowest BCUT2D eigenvalue weighted by molar-refractivity contribution is -0.148. The fourth-order valence-corrected chi connectivity index (χ4v) is 3.14. The van der Waals surface area contributed by atoms with Gasteiger partial charge in [-0.1, -0.05) is 30.3 Å². The van der Waals surface area contributed by atoms with Gasteiger partial charge in [0.1, 0.15) is 11.7 Å². The van der Waals surface area contributed by atoms with Gasteiger partial charge in [-0.2, -0.15) is 5.26 Å². The quantitative estimate of drug-likeness (QED) is 0.768. The van der Waals surface area contributed by atoms with Gasteiger partial charge in [-0.3, -0.25) is 9.59 Å². The van der Waals surface area contributed by atoms with Crippen LogP contribution in [0.5, 0.6) is 0 Å². The molecule has 2 aromatic rings. The molecule has 1 unspecified atom stereocenters. The van der Waals surface area contributed by atoms with Gasteiger partial charge in [0.2, 0.25) is 5.91 Å². The van der Waals surface area contributed by atoms with Crippen molar-refractivity contribution in [2.45, 2.75) is 12.5 Å². The number of nitriles is 1. The highest BCUT2D eigenvalue weighted by Gasteiger charge is 2.39. The Hall–Kier alpha value is -3.53. The maximum atomic E-state index is 14.2. The summed E-state index contributed by atoms with van der Waals surface area (Å²) in [4.78, 5) is 28.1. The summed E-state index contributed by atoms with van der Waals surface area (Å²) in [6.07, 6.45) is 1.38. The average molecular weight is 381 g/mol. The molecule has 0 bridgehead atoms. The summed E-state index contributed by atoms with van der Waals surface area (Å²) in [5.41, 5.74) is 0.275. The molecule has 142 valence electrons. The Labute approximate surface area is 161 Å². The molecule has 0 aliphatic carbocycles. The molecule has 2 amide bonds. The van der Waals surface area contributed by atoms with Crippen molar-refractivity contribution in [3.63, 3.8) is 0 Å². The maximum absolute atomic E-state index is 14.2. The van der Waals surface area contributed by atoms with E-state index in [0.717, 1.165) is 28.7 Å². The summed E-state index contributed by atoms with van der Waals surface area (Å²) in [6, 6.07) is 12.3. The first kappa shape index (κ1) is 19.2. The molecular formula is C21H17F2N3O2. The molecule has 5 nitrogen and oxygen atoms in total. The van der Waals surface area contributed by atoms with E-state index < -0.39 is 23.6 Å². The summed E-state index contributed by atoms with van der Waals surface area (Å²) < 4.78 is 27.8. The van der Waals surface area contributed by atoms with Crippen LogP contribution >= 0.6 is 0 Å². The van der Waals surface area contributed by atoms with Crippen LogP contribution < -0.4 is 0 Å². The Morgan fingerprint density at radius 2 is 1.79 bits per heavy atom. The number of likely N-dealkylation sites (N-methyl/N-ethyl adjacent to an activating group) is 2. The van der Waals surface area contributed by atoms with Crippen LogP contribution in [0.3, 0.4) is 0 Å². The molecule has 1 aliphatic rings. The molecule has 7 heteroatoms. The van der Waals surface area contributed by atoms with Crippen molar-refractivity contribution < 1.29 is 18.4 Å². The van der Waals surface area contributed by atoms with Crippen LogP contribution in [-0.2, 0) is 16.0 Å². The van der Waals surface area contributed by atoms with Gasteiger partial charge in [-0.05, 0) is 23.8 Å². The second-order valence-electron chi connectivity index (χ2n) is 6.48.